The number of amides is 2. The molecule has 1 unspecified atom stereocenters. The summed E-state index contributed by atoms with van der Waals surface area (Å²) in [5.74, 6) is -0.578. The van der Waals surface area contributed by atoms with Crippen LogP contribution in [0.1, 0.15) is 55.4 Å². The maximum atomic E-state index is 13.6. The summed E-state index contributed by atoms with van der Waals surface area (Å²) in [6.07, 6.45) is 4.12. The Kier molecular flexibility index (Phi) is 10.7. The van der Waals surface area contributed by atoms with Crippen LogP contribution in [0.4, 0.5) is 4.39 Å². The highest BCUT2D eigenvalue weighted by Crippen LogP contribution is 2.18. The quantitative estimate of drug-likeness (QED) is 0.306. The number of aryl methyl sites for hydroxylation is 2. The predicted octanol–water partition coefficient (Wildman–Crippen LogP) is 5.88. The van der Waals surface area contributed by atoms with Crippen molar-refractivity contribution in [2.24, 2.45) is 0 Å². The molecule has 0 aliphatic heterocycles. The summed E-state index contributed by atoms with van der Waals surface area (Å²) in [4.78, 5) is 28.7. The van der Waals surface area contributed by atoms with E-state index < -0.39 is 6.04 Å². The molecule has 0 saturated heterocycles. The van der Waals surface area contributed by atoms with Gasteiger partial charge in [-0.2, -0.15) is 0 Å². The molecule has 0 spiro atoms. The third-order valence-electron chi connectivity index (χ3n) is 6.43. The van der Waals surface area contributed by atoms with E-state index in [1.54, 1.807) is 17.0 Å². The SMILES string of the molecule is CCCCNC(=O)C(Cc1ccccc1)N(Cc1ccc(F)cc1)C(=O)CCc1ccc(CC)cc1. The molecule has 0 bridgehead atoms. The smallest absolute Gasteiger partial charge is 0.243 e. The van der Waals surface area contributed by atoms with Crippen molar-refractivity contribution < 1.29 is 14.0 Å². The van der Waals surface area contributed by atoms with Gasteiger partial charge in [0.25, 0.3) is 0 Å². The van der Waals surface area contributed by atoms with E-state index in [0.29, 0.717) is 25.8 Å². The van der Waals surface area contributed by atoms with E-state index in [1.807, 2.05) is 30.3 Å². The van der Waals surface area contributed by atoms with Gasteiger partial charge in [0.15, 0.2) is 0 Å². The molecule has 2 amide bonds. The normalized spacial score (nSPS) is 11.6. The first kappa shape index (κ1) is 27.1. The Hall–Kier alpha value is -3.47. The van der Waals surface area contributed by atoms with E-state index in [4.69, 9.17) is 0 Å². The molecule has 190 valence electrons. The van der Waals surface area contributed by atoms with Crippen LogP contribution in [-0.2, 0) is 35.4 Å². The molecule has 1 N–H and O–H groups in total. The fourth-order valence-electron chi connectivity index (χ4n) is 4.18. The number of carbonyl (C=O) groups excluding carboxylic acids is 2. The average molecular weight is 489 g/mol. The summed E-state index contributed by atoms with van der Waals surface area (Å²) >= 11 is 0. The lowest BCUT2D eigenvalue weighted by Crippen LogP contribution is -2.50. The molecule has 5 heteroatoms. The third kappa shape index (κ3) is 8.33. The topological polar surface area (TPSA) is 49.4 Å². The second-order valence-corrected chi connectivity index (χ2v) is 9.17. The Morgan fingerprint density at radius 3 is 2.11 bits per heavy atom. The van der Waals surface area contributed by atoms with Crippen molar-refractivity contribution in [2.45, 2.75) is 65.0 Å². The molecule has 4 nitrogen and oxygen atoms in total. The number of carbonyl (C=O) groups is 2. The highest BCUT2D eigenvalue weighted by Gasteiger charge is 2.30. The van der Waals surface area contributed by atoms with Gasteiger partial charge in [-0.3, -0.25) is 9.59 Å². The Labute approximate surface area is 214 Å². The lowest BCUT2D eigenvalue weighted by molar-refractivity contribution is -0.141. The molecule has 1 atom stereocenters. The number of benzene rings is 3. The van der Waals surface area contributed by atoms with Gasteiger partial charge in [0.2, 0.25) is 11.8 Å². The first-order chi connectivity index (χ1) is 17.5. The maximum absolute atomic E-state index is 13.6. The third-order valence-corrected chi connectivity index (χ3v) is 6.43. The molecule has 3 aromatic rings. The lowest BCUT2D eigenvalue weighted by Gasteiger charge is -2.31. The van der Waals surface area contributed by atoms with Crippen molar-refractivity contribution in [1.82, 2.24) is 10.2 Å². The highest BCUT2D eigenvalue weighted by molar-refractivity contribution is 5.88. The zero-order valence-electron chi connectivity index (χ0n) is 21.4. The van der Waals surface area contributed by atoms with Gasteiger partial charge in [-0.15, -0.1) is 0 Å². The summed E-state index contributed by atoms with van der Waals surface area (Å²) in [6.45, 7) is 5.00. The minimum atomic E-state index is -0.663. The number of hydrogen-bond donors (Lipinski definition) is 1. The zero-order chi connectivity index (χ0) is 25.8. The number of unbranched alkanes of at least 4 members (excludes halogenated alkanes) is 1. The summed E-state index contributed by atoms with van der Waals surface area (Å²) in [5, 5.41) is 3.03. The van der Waals surface area contributed by atoms with E-state index in [2.05, 4.69) is 43.4 Å². The van der Waals surface area contributed by atoms with Gasteiger partial charge in [0.1, 0.15) is 11.9 Å². The van der Waals surface area contributed by atoms with Gasteiger partial charge in [-0.25, -0.2) is 4.39 Å². The molecule has 3 rings (SSSR count). The fraction of sp³-hybridized carbons (Fsp3) is 0.355. The lowest BCUT2D eigenvalue weighted by atomic mass is 10.0. The minimum absolute atomic E-state index is 0.0922. The summed E-state index contributed by atoms with van der Waals surface area (Å²) < 4.78 is 13.5. The van der Waals surface area contributed by atoms with E-state index in [0.717, 1.165) is 36.0 Å². The van der Waals surface area contributed by atoms with Crippen LogP contribution in [0.25, 0.3) is 0 Å². The van der Waals surface area contributed by atoms with Gasteiger partial charge in [-0.05, 0) is 53.6 Å². The molecular formula is C31H37FN2O2. The van der Waals surface area contributed by atoms with Gasteiger partial charge >= 0.3 is 0 Å². The Bertz CT molecular complexity index is 1080. The minimum Gasteiger partial charge on any atom is -0.354 e. The van der Waals surface area contributed by atoms with E-state index in [1.165, 1.54) is 17.7 Å². The second-order valence-electron chi connectivity index (χ2n) is 9.17. The molecular weight excluding hydrogens is 451 g/mol. The molecule has 0 aromatic heterocycles. The average Bonchev–Trinajstić information content (AvgIpc) is 2.91. The second kappa shape index (κ2) is 14.2. The van der Waals surface area contributed by atoms with Crippen LogP contribution in [0.3, 0.4) is 0 Å². The van der Waals surface area contributed by atoms with E-state index in [9.17, 15) is 14.0 Å². The Morgan fingerprint density at radius 1 is 0.833 bits per heavy atom. The van der Waals surface area contributed by atoms with Crippen LogP contribution in [0.2, 0.25) is 0 Å². The van der Waals surface area contributed by atoms with Crippen molar-refractivity contribution in [3.63, 3.8) is 0 Å². The van der Waals surface area contributed by atoms with Crippen LogP contribution in [-0.4, -0.2) is 29.3 Å². The van der Waals surface area contributed by atoms with Gasteiger partial charge in [0, 0.05) is 25.9 Å². The summed E-state index contributed by atoms with van der Waals surface area (Å²) in [5.41, 5.74) is 4.13. The van der Waals surface area contributed by atoms with E-state index >= 15 is 0 Å². The van der Waals surface area contributed by atoms with Crippen molar-refractivity contribution in [3.05, 3.63) is 107 Å². The van der Waals surface area contributed by atoms with Crippen LogP contribution in [0.5, 0.6) is 0 Å². The molecule has 0 aliphatic rings. The summed E-state index contributed by atoms with van der Waals surface area (Å²) in [7, 11) is 0. The van der Waals surface area contributed by atoms with Gasteiger partial charge in [0.05, 0.1) is 0 Å². The van der Waals surface area contributed by atoms with Crippen molar-refractivity contribution in [2.75, 3.05) is 6.54 Å². The van der Waals surface area contributed by atoms with Crippen LogP contribution in [0, 0.1) is 5.82 Å². The fourth-order valence-corrected chi connectivity index (χ4v) is 4.18. The Balaban J connectivity index is 1.85. The molecule has 0 aliphatic carbocycles. The first-order valence-electron chi connectivity index (χ1n) is 12.9. The zero-order valence-corrected chi connectivity index (χ0v) is 21.4. The molecule has 0 fully saturated rings. The van der Waals surface area contributed by atoms with Crippen molar-refractivity contribution >= 4 is 11.8 Å². The Morgan fingerprint density at radius 2 is 1.47 bits per heavy atom. The van der Waals surface area contributed by atoms with Crippen LogP contribution < -0.4 is 5.32 Å². The van der Waals surface area contributed by atoms with Crippen LogP contribution in [0.15, 0.2) is 78.9 Å². The maximum Gasteiger partial charge on any atom is 0.243 e. The molecule has 0 heterocycles. The standard InChI is InChI=1S/C31H37FN2O2/c1-3-5-21-33-31(36)29(22-26-9-7-6-8-10-26)34(23-27-15-18-28(32)19-16-27)30(35)20-17-25-13-11-24(4-2)12-14-25/h6-16,18-19,29H,3-5,17,20-23H2,1-2H3,(H,33,36). The number of nitrogens with zero attached hydrogens (tertiary/aromatic N) is 1. The predicted molar refractivity (Wildman–Crippen MR) is 143 cm³/mol. The van der Waals surface area contributed by atoms with Gasteiger partial charge in [-0.1, -0.05) is 87.0 Å². The molecule has 36 heavy (non-hydrogen) atoms. The summed E-state index contributed by atoms with van der Waals surface area (Å²) in [6, 6.07) is 23.5. The molecule has 3 aromatic carbocycles. The van der Waals surface area contributed by atoms with E-state index in [-0.39, 0.29) is 24.2 Å². The van der Waals surface area contributed by atoms with Crippen molar-refractivity contribution in [1.29, 1.82) is 0 Å². The number of hydrogen-bond acceptors (Lipinski definition) is 2. The highest BCUT2D eigenvalue weighted by atomic mass is 19.1. The molecule has 0 saturated carbocycles. The number of halogens is 1. The van der Waals surface area contributed by atoms with Crippen molar-refractivity contribution in [3.8, 4) is 0 Å². The number of rotatable bonds is 13. The first-order valence-corrected chi connectivity index (χ1v) is 12.9. The van der Waals surface area contributed by atoms with Crippen LogP contribution >= 0.6 is 0 Å². The van der Waals surface area contributed by atoms with Gasteiger partial charge < -0.3 is 10.2 Å². The largest absolute Gasteiger partial charge is 0.354 e. The number of nitrogens with one attached hydrogen (secondary N) is 1. The molecule has 0 radical (unpaired) electrons. The monoisotopic (exact) mass is 488 g/mol.